The van der Waals surface area contributed by atoms with E-state index in [0.29, 0.717) is 12.1 Å². The highest BCUT2D eigenvalue weighted by atomic mass is 19.1. The molecule has 0 fully saturated rings. The Kier molecular flexibility index (Phi) is 3.55. The van der Waals surface area contributed by atoms with Crippen molar-refractivity contribution in [2.24, 2.45) is 0 Å². The Bertz CT molecular complexity index is 554. The summed E-state index contributed by atoms with van der Waals surface area (Å²) in [5.41, 5.74) is 2.36. The quantitative estimate of drug-likeness (QED) is 0.832. The van der Waals surface area contributed by atoms with Crippen LogP contribution in [-0.2, 0) is 6.54 Å². The largest absolute Gasteiger partial charge is 0.354 e. The van der Waals surface area contributed by atoms with Crippen LogP contribution < -0.4 is 4.90 Å². The highest BCUT2D eigenvalue weighted by molar-refractivity contribution is 5.43. The molecule has 0 radical (unpaired) electrons. The molecule has 0 spiro atoms. The van der Waals surface area contributed by atoms with Crippen molar-refractivity contribution in [1.82, 2.24) is 9.97 Å². The summed E-state index contributed by atoms with van der Waals surface area (Å²) in [5.74, 6) is 0.598. The zero-order valence-electron chi connectivity index (χ0n) is 10.8. The number of anilines is 1. The van der Waals surface area contributed by atoms with E-state index in [-0.39, 0.29) is 5.82 Å². The third-order valence-electron chi connectivity index (χ3n) is 2.78. The van der Waals surface area contributed by atoms with E-state index >= 15 is 0 Å². The van der Waals surface area contributed by atoms with Crippen LogP contribution in [0.4, 0.5) is 10.2 Å². The molecule has 0 N–H and O–H groups in total. The summed E-state index contributed by atoms with van der Waals surface area (Å²) in [4.78, 5) is 10.6. The highest BCUT2D eigenvalue weighted by Crippen LogP contribution is 2.17. The van der Waals surface area contributed by atoms with Crippen molar-refractivity contribution in [1.29, 1.82) is 0 Å². The van der Waals surface area contributed by atoms with Gasteiger partial charge >= 0.3 is 0 Å². The van der Waals surface area contributed by atoms with Gasteiger partial charge in [-0.25, -0.2) is 9.37 Å². The number of rotatable bonds is 3. The van der Waals surface area contributed by atoms with Crippen molar-refractivity contribution >= 4 is 5.82 Å². The third-order valence-corrected chi connectivity index (χ3v) is 2.78. The summed E-state index contributed by atoms with van der Waals surface area (Å²) in [7, 11) is 1.89. The molecule has 0 aliphatic rings. The predicted octanol–water partition coefficient (Wildman–Crippen LogP) is 2.87. The van der Waals surface area contributed by atoms with E-state index in [1.54, 1.807) is 18.3 Å². The average molecular weight is 245 g/mol. The van der Waals surface area contributed by atoms with Crippen LogP contribution in [0.2, 0.25) is 0 Å². The Balaban J connectivity index is 2.25. The summed E-state index contributed by atoms with van der Waals surface area (Å²) >= 11 is 0. The minimum atomic E-state index is -0.192. The van der Waals surface area contributed by atoms with Gasteiger partial charge in [-0.3, -0.25) is 4.98 Å². The van der Waals surface area contributed by atoms with Crippen LogP contribution in [0, 0.1) is 19.7 Å². The van der Waals surface area contributed by atoms with E-state index in [1.807, 2.05) is 31.9 Å². The van der Waals surface area contributed by atoms with Gasteiger partial charge in [0.2, 0.25) is 0 Å². The fourth-order valence-corrected chi connectivity index (χ4v) is 1.84. The van der Waals surface area contributed by atoms with E-state index in [0.717, 1.165) is 17.2 Å². The SMILES string of the molecule is Cc1cnc(C)c(N(C)Cc2ccccc2F)n1. The molecule has 2 aromatic rings. The van der Waals surface area contributed by atoms with Crippen LogP contribution in [0.25, 0.3) is 0 Å². The molecule has 0 aliphatic heterocycles. The third kappa shape index (κ3) is 2.64. The molecule has 1 aromatic carbocycles. The maximum Gasteiger partial charge on any atom is 0.150 e. The first kappa shape index (κ1) is 12.5. The Labute approximate surface area is 106 Å². The predicted molar refractivity (Wildman–Crippen MR) is 70.0 cm³/mol. The van der Waals surface area contributed by atoms with Crippen LogP contribution in [0.5, 0.6) is 0 Å². The maximum atomic E-state index is 13.6. The van der Waals surface area contributed by atoms with Crippen molar-refractivity contribution in [3.8, 4) is 0 Å². The number of hydrogen-bond donors (Lipinski definition) is 0. The smallest absolute Gasteiger partial charge is 0.150 e. The second kappa shape index (κ2) is 5.12. The Morgan fingerprint density at radius 3 is 2.67 bits per heavy atom. The van der Waals surface area contributed by atoms with E-state index in [1.165, 1.54) is 6.07 Å². The van der Waals surface area contributed by atoms with Gasteiger partial charge in [0.25, 0.3) is 0 Å². The summed E-state index contributed by atoms with van der Waals surface area (Å²) in [6, 6.07) is 6.78. The molecule has 0 unspecified atom stereocenters. The fourth-order valence-electron chi connectivity index (χ4n) is 1.84. The Morgan fingerprint density at radius 1 is 1.22 bits per heavy atom. The lowest BCUT2D eigenvalue weighted by molar-refractivity contribution is 0.607. The first-order chi connectivity index (χ1) is 8.58. The summed E-state index contributed by atoms with van der Waals surface area (Å²) in [6.45, 7) is 4.28. The number of aromatic nitrogens is 2. The molecule has 0 atom stereocenters. The summed E-state index contributed by atoms with van der Waals surface area (Å²) in [5, 5.41) is 0. The molecule has 0 bridgehead atoms. The molecule has 2 rings (SSSR count). The molecular weight excluding hydrogens is 229 g/mol. The second-order valence-electron chi connectivity index (χ2n) is 4.37. The Morgan fingerprint density at radius 2 is 1.94 bits per heavy atom. The van der Waals surface area contributed by atoms with E-state index in [4.69, 9.17) is 0 Å². The molecule has 0 saturated carbocycles. The lowest BCUT2D eigenvalue weighted by Crippen LogP contribution is -2.20. The number of benzene rings is 1. The molecule has 1 heterocycles. The van der Waals surface area contributed by atoms with Crippen LogP contribution in [0.15, 0.2) is 30.5 Å². The van der Waals surface area contributed by atoms with Gasteiger partial charge in [0, 0.05) is 25.4 Å². The molecular formula is C14H16FN3. The number of aryl methyl sites for hydroxylation is 2. The summed E-state index contributed by atoms with van der Waals surface area (Å²) in [6.07, 6.45) is 1.73. The van der Waals surface area contributed by atoms with Crippen molar-refractivity contribution in [3.63, 3.8) is 0 Å². The maximum absolute atomic E-state index is 13.6. The molecule has 0 aliphatic carbocycles. The minimum Gasteiger partial charge on any atom is -0.354 e. The van der Waals surface area contributed by atoms with Gasteiger partial charge in [-0.1, -0.05) is 18.2 Å². The van der Waals surface area contributed by atoms with Crippen molar-refractivity contribution in [2.75, 3.05) is 11.9 Å². The first-order valence-corrected chi connectivity index (χ1v) is 5.82. The second-order valence-corrected chi connectivity index (χ2v) is 4.37. The molecule has 94 valence electrons. The molecule has 1 aromatic heterocycles. The van der Waals surface area contributed by atoms with Crippen LogP contribution in [0.1, 0.15) is 17.0 Å². The average Bonchev–Trinajstić information content (AvgIpc) is 2.35. The van der Waals surface area contributed by atoms with E-state index < -0.39 is 0 Å². The topological polar surface area (TPSA) is 29.0 Å². The fraction of sp³-hybridized carbons (Fsp3) is 0.286. The molecule has 3 nitrogen and oxygen atoms in total. The minimum absolute atomic E-state index is 0.192. The van der Waals surface area contributed by atoms with Crippen LogP contribution in [0.3, 0.4) is 0 Å². The van der Waals surface area contributed by atoms with E-state index in [2.05, 4.69) is 9.97 Å². The van der Waals surface area contributed by atoms with Crippen molar-refractivity contribution in [3.05, 3.63) is 53.2 Å². The van der Waals surface area contributed by atoms with Gasteiger partial charge in [0.15, 0.2) is 0 Å². The lowest BCUT2D eigenvalue weighted by Gasteiger charge is -2.20. The first-order valence-electron chi connectivity index (χ1n) is 5.82. The zero-order valence-corrected chi connectivity index (χ0v) is 10.8. The number of hydrogen-bond acceptors (Lipinski definition) is 3. The normalized spacial score (nSPS) is 10.4. The van der Waals surface area contributed by atoms with Gasteiger partial charge in [0.05, 0.1) is 11.4 Å². The van der Waals surface area contributed by atoms with Gasteiger partial charge in [0.1, 0.15) is 11.6 Å². The highest BCUT2D eigenvalue weighted by Gasteiger charge is 2.10. The molecule has 4 heteroatoms. The zero-order chi connectivity index (χ0) is 13.1. The molecule has 18 heavy (non-hydrogen) atoms. The molecule has 0 amide bonds. The Hall–Kier alpha value is -1.97. The van der Waals surface area contributed by atoms with Crippen LogP contribution in [-0.4, -0.2) is 17.0 Å². The van der Waals surface area contributed by atoms with Gasteiger partial charge in [-0.15, -0.1) is 0 Å². The van der Waals surface area contributed by atoms with Crippen molar-refractivity contribution < 1.29 is 4.39 Å². The van der Waals surface area contributed by atoms with Crippen molar-refractivity contribution in [2.45, 2.75) is 20.4 Å². The standard InChI is InChI=1S/C14H16FN3/c1-10-8-16-11(2)14(17-10)18(3)9-12-6-4-5-7-13(12)15/h4-8H,9H2,1-3H3. The van der Waals surface area contributed by atoms with E-state index in [9.17, 15) is 4.39 Å². The summed E-state index contributed by atoms with van der Waals surface area (Å²) < 4.78 is 13.6. The van der Waals surface area contributed by atoms with Gasteiger partial charge in [-0.05, 0) is 19.9 Å². The number of halogens is 1. The number of nitrogens with zero attached hydrogens (tertiary/aromatic N) is 3. The van der Waals surface area contributed by atoms with Crippen LogP contribution >= 0.6 is 0 Å². The monoisotopic (exact) mass is 245 g/mol. The van der Waals surface area contributed by atoms with Gasteiger partial charge in [-0.2, -0.15) is 0 Å². The lowest BCUT2D eigenvalue weighted by atomic mass is 10.2. The molecule has 0 saturated heterocycles. The van der Waals surface area contributed by atoms with Gasteiger partial charge < -0.3 is 4.90 Å².